The van der Waals surface area contributed by atoms with Crippen LogP contribution >= 0.6 is 0 Å². The molecule has 92 heavy (non-hydrogen) atoms. The highest BCUT2D eigenvalue weighted by atomic mass is 16.5. The molecule has 0 saturated carbocycles. The van der Waals surface area contributed by atoms with Gasteiger partial charge in [0, 0.05) is 12.8 Å². The maximum absolute atomic E-state index is 12.6. The molecule has 2 atom stereocenters. The van der Waals surface area contributed by atoms with Crippen LogP contribution in [0.25, 0.3) is 0 Å². The highest BCUT2D eigenvalue weighted by Gasteiger charge is 2.20. The molecule has 0 fully saturated rings. The number of aliphatic hydroxyl groups excluding tert-OH is 2. The van der Waals surface area contributed by atoms with Gasteiger partial charge in [-0.2, -0.15) is 0 Å². The number of aliphatic hydroxyl groups is 2. The Balaban J connectivity index is 3.37. The van der Waals surface area contributed by atoms with Crippen molar-refractivity contribution in [3.8, 4) is 0 Å². The molecule has 0 aliphatic heterocycles. The summed E-state index contributed by atoms with van der Waals surface area (Å²) < 4.78 is 5.49. The van der Waals surface area contributed by atoms with Crippen LogP contribution in [0.1, 0.15) is 463 Å². The van der Waals surface area contributed by atoms with Crippen molar-refractivity contribution in [3.05, 3.63) is 48.6 Å². The van der Waals surface area contributed by atoms with E-state index in [-0.39, 0.29) is 18.5 Å². The minimum atomic E-state index is -0.664. The van der Waals surface area contributed by atoms with Gasteiger partial charge in [-0.3, -0.25) is 9.59 Å². The van der Waals surface area contributed by atoms with E-state index < -0.39 is 12.1 Å². The summed E-state index contributed by atoms with van der Waals surface area (Å²) in [7, 11) is 0. The van der Waals surface area contributed by atoms with Gasteiger partial charge in [0.15, 0.2) is 0 Å². The number of amides is 1. The number of nitrogens with one attached hydrogen (secondary N) is 1. The Kier molecular flexibility index (Phi) is 79.3. The summed E-state index contributed by atoms with van der Waals surface area (Å²) >= 11 is 0. The zero-order valence-corrected chi connectivity index (χ0v) is 62.3. The number of unbranched alkanes of at least 4 members (excludes halogenated alkanes) is 60. The molecule has 0 heterocycles. The van der Waals surface area contributed by atoms with Gasteiger partial charge in [-0.05, 0) is 89.9 Å². The van der Waals surface area contributed by atoms with Gasteiger partial charge in [0.2, 0.25) is 5.91 Å². The second-order valence-corrected chi connectivity index (χ2v) is 28.8. The quantitative estimate of drug-likeness (QED) is 0.0320. The molecule has 0 spiro atoms. The van der Waals surface area contributed by atoms with Crippen molar-refractivity contribution in [1.29, 1.82) is 0 Å². The molecule has 0 aromatic carbocycles. The second kappa shape index (κ2) is 81.2. The fourth-order valence-corrected chi connectivity index (χ4v) is 13.2. The lowest BCUT2D eigenvalue weighted by atomic mass is 10.0. The molecular weight excluding hydrogens is 1130 g/mol. The summed E-state index contributed by atoms with van der Waals surface area (Å²) in [6.07, 6.45) is 108. The molecule has 0 aromatic rings. The van der Waals surface area contributed by atoms with Crippen LogP contribution in [0.2, 0.25) is 0 Å². The van der Waals surface area contributed by atoms with E-state index in [0.29, 0.717) is 25.9 Å². The minimum Gasteiger partial charge on any atom is -0.466 e. The molecule has 6 nitrogen and oxygen atoms in total. The molecule has 6 heteroatoms. The van der Waals surface area contributed by atoms with E-state index in [1.54, 1.807) is 0 Å². The maximum Gasteiger partial charge on any atom is 0.305 e. The van der Waals surface area contributed by atoms with Crippen molar-refractivity contribution in [2.45, 2.75) is 475 Å². The fraction of sp³-hybridized carbons (Fsp3) is 0.884. The highest BCUT2D eigenvalue weighted by molar-refractivity contribution is 5.76. The summed E-state index contributed by atoms with van der Waals surface area (Å²) in [5.74, 6) is -0.0217. The number of allylic oxidation sites excluding steroid dienone is 8. The SMILES string of the molecule is CCCCC/C=C\C/C=C\CCCCCCCC(=O)OCCCCCCCCCCCCCCC/C=C\C/C=C\CCCCCCCCCCCCCCCCCCCC(=O)NC(CO)C(O)CCCCCCCCCCCCCCCCCCCCCCCCC. The lowest BCUT2D eigenvalue weighted by Gasteiger charge is -2.22. The van der Waals surface area contributed by atoms with E-state index in [4.69, 9.17) is 4.74 Å². The molecular formula is C86H163NO5. The molecule has 0 saturated heterocycles. The largest absolute Gasteiger partial charge is 0.466 e. The highest BCUT2D eigenvalue weighted by Crippen LogP contribution is 2.20. The first-order valence-electron chi connectivity index (χ1n) is 41.9. The third-order valence-electron chi connectivity index (χ3n) is 19.6. The molecule has 0 aliphatic carbocycles. The van der Waals surface area contributed by atoms with Gasteiger partial charge < -0.3 is 20.3 Å². The molecule has 0 radical (unpaired) electrons. The summed E-state index contributed by atoms with van der Waals surface area (Å²) in [5.41, 5.74) is 0. The molecule has 0 aliphatic rings. The van der Waals surface area contributed by atoms with Gasteiger partial charge >= 0.3 is 5.97 Å². The summed E-state index contributed by atoms with van der Waals surface area (Å²) in [4.78, 5) is 24.7. The Morgan fingerprint density at radius 2 is 0.543 bits per heavy atom. The zero-order valence-electron chi connectivity index (χ0n) is 62.3. The first-order valence-corrected chi connectivity index (χ1v) is 41.9. The minimum absolute atomic E-state index is 0.00523. The lowest BCUT2D eigenvalue weighted by Crippen LogP contribution is -2.45. The van der Waals surface area contributed by atoms with Crippen LogP contribution in [0.3, 0.4) is 0 Å². The van der Waals surface area contributed by atoms with E-state index in [1.165, 1.54) is 372 Å². The summed E-state index contributed by atoms with van der Waals surface area (Å²) in [6.45, 7) is 4.97. The standard InChI is InChI=1S/C86H163NO5/c1-3-5-7-9-11-13-15-17-19-20-21-22-38-41-44-47-51-54-58-62-66-70-74-78-84(89)83(82-88)87-85(90)79-75-71-67-63-59-55-52-48-45-42-39-36-34-32-30-28-26-24-23-25-27-29-31-33-35-37-40-43-46-49-53-57-61-65-69-73-77-81-92-86(91)80-76-72-68-64-60-56-50-18-16-14-12-10-8-6-4-2/h12,14,18,23,25,29,31,50,83-84,88-89H,3-11,13,15-17,19-22,24,26-28,30,32-49,51-82H2,1-2H3,(H,87,90)/b14-12-,25-23-,31-29-,50-18-. The van der Waals surface area contributed by atoms with Crippen molar-refractivity contribution in [1.82, 2.24) is 5.32 Å². The number of carbonyl (C=O) groups excluding carboxylic acids is 2. The first-order chi connectivity index (χ1) is 45.5. The average molecular weight is 1290 g/mol. The molecule has 1 amide bonds. The number of hydrogen-bond donors (Lipinski definition) is 3. The van der Waals surface area contributed by atoms with E-state index in [2.05, 4.69) is 67.8 Å². The number of rotatable bonds is 79. The Hall–Kier alpha value is -2.18. The number of esters is 1. The second-order valence-electron chi connectivity index (χ2n) is 28.8. The van der Waals surface area contributed by atoms with Crippen LogP contribution in [0.5, 0.6) is 0 Å². The van der Waals surface area contributed by atoms with Gasteiger partial charge in [-0.15, -0.1) is 0 Å². The van der Waals surface area contributed by atoms with Gasteiger partial charge in [0.25, 0.3) is 0 Å². The Bertz CT molecular complexity index is 1540. The third-order valence-corrected chi connectivity index (χ3v) is 19.6. The van der Waals surface area contributed by atoms with Crippen LogP contribution in [-0.2, 0) is 14.3 Å². The normalized spacial score (nSPS) is 12.7. The molecule has 542 valence electrons. The van der Waals surface area contributed by atoms with E-state index in [1.807, 2.05) is 0 Å². The van der Waals surface area contributed by atoms with E-state index in [0.717, 1.165) is 57.8 Å². The zero-order chi connectivity index (χ0) is 66.3. The Morgan fingerprint density at radius 1 is 0.304 bits per heavy atom. The first kappa shape index (κ1) is 89.8. The van der Waals surface area contributed by atoms with Gasteiger partial charge in [0.1, 0.15) is 0 Å². The number of hydrogen-bond acceptors (Lipinski definition) is 5. The smallest absolute Gasteiger partial charge is 0.305 e. The van der Waals surface area contributed by atoms with Crippen molar-refractivity contribution in [3.63, 3.8) is 0 Å². The number of ether oxygens (including phenoxy) is 1. The van der Waals surface area contributed by atoms with E-state index in [9.17, 15) is 19.8 Å². The van der Waals surface area contributed by atoms with Crippen LogP contribution in [0, 0.1) is 0 Å². The third kappa shape index (κ3) is 76.8. The average Bonchev–Trinajstić information content (AvgIpc) is 3.62. The summed E-state index contributed by atoms with van der Waals surface area (Å²) in [6, 6.07) is -0.541. The van der Waals surface area contributed by atoms with Gasteiger partial charge in [0.05, 0.1) is 25.4 Å². The predicted molar refractivity (Wildman–Crippen MR) is 407 cm³/mol. The van der Waals surface area contributed by atoms with Crippen LogP contribution in [-0.4, -0.2) is 47.4 Å². The van der Waals surface area contributed by atoms with Crippen molar-refractivity contribution < 1.29 is 24.5 Å². The molecule has 0 aromatic heterocycles. The van der Waals surface area contributed by atoms with Crippen molar-refractivity contribution in [2.75, 3.05) is 13.2 Å². The Labute approximate surface area is 576 Å². The van der Waals surface area contributed by atoms with E-state index >= 15 is 0 Å². The van der Waals surface area contributed by atoms with Crippen molar-refractivity contribution in [2.24, 2.45) is 0 Å². The van der Waals surface area contributed by atoms with Crippen molar-refractivity contribution >= 4 is 11.9 Å². The summed E-state index contributed by atoms with van der Waals surface area (Å²) in [5, 5.41) is 23.5. The van der Waals surface area contributed by atoms with Crippen LogP contribution in [0.4, 0.5) is 0 Å². The fourth-order valence-electron chi connectivity index (χ4n) is 13.2. The van der Waals surface area contributed by atoms with Crippen LogP contribution in [0.15, 0.2) is 48.6 Å². The van der Waals surface area contributed by atoms with Gasteiger partial charge in [-0.25, -0.2) is 0 Å². The predicted octanol–water partition coefficient (Wildman–Crippen LogP) is 27.9. The molecule has 2 unspecified atom stereocenters. The topological polar surface area (TPSA) is 95.9 Å². The number of carbonyl (C=O) groups is 2. The molecule has 0 rings (SSSR count). The Morgan fingerprint density at radius 3 is 0.848 bits per heavy atom. The van der Waals surface area contributed by atoms with Gasteiger partial charge in [-0.1, -0.05) is 409 Å². The maximum atomic E-state index is 12.6. The monoisotopic (exact) mass is 1290 g/mol. The van der Waals surface area contributed by atoms with Crippen LogP contribution < -0.4 is 5.32 Å². The molecule has 0 bridgehead atoms. The lowest BCUT2D eigenvalue weighted by molar-refractivity contribution is -0.143. The molecule has 3 N–H and O–H groups in total.